The van der Waals surface area contributed by atoms with Crippen molar-refractivity contribution in [2.75, 3.05) is 19.8 Å². The van der Waals surface area contributed by atoms with Crippen LogP contribution in [0.25, 0.3) is 0 Å². The van der Waals surface area contributed by atoms with Gasteiger partial charge in [-0.15, -0.1) is 0 Å². The van der Waals surface area contributed by atoms with Gasteiger partial charge in [-0.3, -0.25) is 4.79 Å². The Hall–Kier alpha value is -2.11. The Morgan fingerprint density at radius 2 is 2.00 bits per heavy atom. The van der Waals surface area contributed by atoms with Crippen molar-refractivity contribution in [2.45, 2.75) is 18.9 Å². The number of halogens is 2. The minimum atomic E-state index is -0.196. The smallest absolute Gasteiger partial charge is 0.220 e. The molecular weight excluding hydrogens is 377 g/mol. The molecule has 0 saturated heterocycles. The first-order chi connectivity index (χ1) is 12.6. The predicted molar refractivity (Wildman–Crippen MR) is 101 cm³/mol. The van der Waals surface area contributed by atoms with E-state index in [0.717, 1.165) is 5.75 Å². The first-order valence-electron chi connectivity index (χ1n) is 8.35. The molecule has 2 aromatic rings. The fourth-order valence-electron chi connectivity index (χ4n) is 2.49. The molecule has 3 rings (SSSR count). The average molecular weight is 396 g/mol. The lowest BCUT2D eigenvalue weighted by Gasteiger charge is -2.26. The standard InChI is InChI=1S/C19H19Cl2NO4/c20-13-7-8-16(15(21)10-13)24-9-3-6-19(23)22-11-14-12-25-17-4-1-2-5-18(17)26-14/h1-2,4-5,7-8,10,14H,3,6,9,11-12H2,(H,22,23)/t14-/m0/s1. The third-order valence-electron chi connectivity index (χ3n) is 3.79. The number of amides is 1. The van der Waals surface area contributed by atoms with Crippen molar-refractivity contribution in [2.24, 2.45) is 0 Å². The number of ether oxygens (including phenoxy) is 3. The Morgan fingerprint density at radius 1 is 1.19 bits per heavy atom. The molecule has 7 heteroatoms. The molecule has 0 unspecified atom stereocenters. The van der Waals surface area contributed by atoms with E-state index in [1.54, 1.807) is 18.2 Å². The van der Waals surface area contributed by atoms with Gasteiger partial charge in [-0.05, 0) is 36.8 Å². The van der Waals surface area contributed by atoms with E-state index in [1.165, 1.54) is 0 Å². The maximum Gasteiger partial charge on any atom is 0.220 e. The van der Waals surface area contributed by atoms with Crippen LogP contribution < -0.4 is 19.5 Å². The van der Waals surface area contributed by atoms with E-state index < -0.39 is 0 Å². The summed E-state index contributed by atoms with van der Waals surface area (Å²) >= 11 is 11.9. The van der Waals surface area contributed by atoms with Crippen LogP contribution in [0.15, 0.2) is 42.5 Å². The highest BCUT2D eigenvalue weighted by molar-refractivity contribution is 6.35. The number of benzene rings is 2. The van der Waals surface area contributed by atoms with E-state index in [1.807, 2.05) is 24.3 Å². The quantitative estimate of drug-likeness (QED) is 0.716. The summed E-state index contributed by atoms with van der Waals surface area (Å²) in [7, 11) is 0. The second-order valence-corrected chi connectivity index (χ2v) is 6.67. The summed E-state index contributed by atoms with van der Waals surface area (Å²) in [5.74, 6) is 1.93. The van der Waals surface area contributed by atoms with Crippen molar-refractivity contribution in [3.05, 3.63) is 52.5 Å². The SMILES string of the molecule is O=C(CCCOc1ccc(Cl)cc1Cl)NC[C@H]1COc2ccccc2O1. The Labute approximate surface area is 162 Å². The third kappa shape index (κ3) is 5.19. The zero-order valence-electron chi connectivity index (χ0n) is 14.0. The number of nitrogens with one attached hydrogen (secondary N) is 1. The van der Waals surface area contributed by atoms with Gasteiger partial charge in [-0.2, -0.15) is 0 Å². The molecule has 1 aliphatic heterocycles. The topological polar surface area (TPSA) is 56.8 Å². The maximum atomic E-state index is 11.9. The van der Waals surface area contributed by atoms with Gasteiger partial charge in [-0.25, -0.2) is 0 Å². The van der Waals surface area contributed by atoms with Crippen molar-refractivity contribution in [1.29, 1.82) is 0 Å². The first kappa shape index (κ1) is 18.7. The number of hydrogen-bond donors (Lipinski definition) is 1. The van der Waals surface area contributed by atoms with Crippen LogP contribution in [0.3, 0.4) is 0 Å². The summed E-state index contributed by atoms with van der Waals surface area (Å²) < 4.78 is 17.0. The van der Waals surface area contributed by atoms with Gasteiger partial charge in [0.25, 0.3) is 0 Å². The fraction of sp³-hybridized carbons (Fsp3) is 0.316. The largest absolute Gasteiger partial charge is 0.492 e. The van der Waals surface area contributed by atoms with Gasteiger partial charge in [0, 0.05) is 11.4 Å². The molecule has 0 radical (unpaired) electrons. The van der Waals surface area contributed by atoms with E-state index >= 15 is 0 Å². The molecule has 1 heterocycles. The maximum absolute atomic E-state index is 11.9. The second-order valence-electron chi connectivity index (χ2n) is 5.83. The number of hydrogen-bond acceptors (Lipinski definition) is 4. The minimum absolute atomic E-state index is 0.0572. The van der Waals surface area contributed by atoms with Crippen molar-refractivity contribution < 1.29 is 19.0 Å². The Bertz CT molecular complexity index is 769. The molecule has 0 bridgehead atoms. The molecule has 0 aromatic heterocycles. The molecule has 2 aromatic carbocycles. The lowest BCUT2D eigenvalue weighted by Crippen LogP contribution is -2.40. The van der Waals surface area contributed by atoms with E-state index in [0.29, 0.717) is 54.1 Å². The van der Waals surface area contributed by atoms with Crippen molar-refractivity contribution in [3.63, 3.8) is 0 Å². The van der Waals surface area contributed by atoms with Crippen LogP contribution in [-0.4, -0.2) is 31.8 Å². The highest BCUT2D eigenvalue weighted by Gasteiger charge is 2.20. The van der Waals surface area contributed by atoms with Crippen LogP contribution in [0, 0.1) is 0 Å². The van der Waals surface area contributed by atoms with E-state index in [-0.39, 0.29) is 12.0 Å². The summed E-state index contributed by atoms with van der Waals surface area (Å²) in [5, 5.41) is 3.87. The molecule has 0 spiro atoms. The molecule has 1 atom stereocenters. The summed E-state index contributed by atoms with van der Waals surface area (Å²) in [6, 6.07) is 12.5. The first-order valence-corrected chi connectivity index (χ1v) is 9.10. The van der Waals surface area contributed by atoms with Gasteiger partial charge in [0.05, 0.1) is 18.2 Å². The fourth-order valence-corrected chi connectivity index (χ4v) is 2.95. The molecule has 1 N–H and O–H groups in total. The van der Waals surface area contributed by atoms with Crippen LogP contribution in [-0.2, 0) is 4.79 Å². The van der Waals surface area contributed by atoms with Crippen LogP contribution >= 0.6 is 23.2 Å². The van der Waals surface area contributed by atoms with E-state index in [9.17, 15) is 4.79 Å². The molecule has 0 saturated carbocycles. The van der Waals surface area contributed by atoms with Crippen molar-refractivity contribution in [1.82, 2.24) is 5.32 Å². The molecule has 138 valence electrons. The molecular formula is C19H19Cl2NO4. The van der Waals surface area contributed by atoms with Gasteiger partial charge in [0.1, 0.15) is 18.5 Å². The summed E-state index contributed by atoms with van der Waals surface area (Å²) in [4.78, 5) is 11.9. The number of rotatable bonds is 7. The van der Waals surface area contributed by atoms with Crippen LogP contribution in [0.5, 0.6) is 17.2 Å². The van der Waals surface area contributed by atoms with Gasteiger partial charge in [0.15, 0.2) is 11.5 Å². The number of carbonyl (C=O) groups excluding carboxylic acids is 1. The highest BCUT2D eigenvalue weighted by atomic mass is 35.5. The molecule has 5 nitrogen and oxygen atoms in total. The summed E-state index contributed by atoms with van der Waals surface area (Å²) in [6.07, 6.45) is 0.739. The summed E-state index contributed by atoms with van der Waals surface area (Å²) in [6.45, 7) is 1.21. The predicted octanol–water partition coefficient (Wildman–Crippen LogP) is 4.11. The second kappa shape index (κ2) is 9.01. The summed E-state index contributed by atoms with van der Waals surface area (Å²) in [5.41, 5.74) is 0. The van der Waals surface area contributed by atoms with Gasteiger partial charge < -0.3 is 19.5 Å². The monoisotopic (exact) mass is 395 g/mol. The third-order valence-corrected chi connectivity index (χ3v) is 4.32. The molecule has 0 aliphatic carbocycles. The molecule has 1 amide bonds. The Balaban J connectivity index is 1.33. The van der Waals surface area contributed by atoms with Gasteiger partial charge in [0.2, 0.25) is 5.91 Å². The van der Waals surface area contributed by atoms with Crippen molar-refractivity contribution >= 4 is 29.1 Å². The number of carbonyl (C=O) groups is 1. The highest BCUT2D eigenvalue weighted by Crippen LogP contribution is 2.30. The Morgan fingerprint density at radius 3 is 2.81 bits per heavy atom. The van der Waals surface area contributed by atoms with Crippen molar-refractivity contribution in [3.8, 4) is 17.2 Å². The lowest BCUT2D eigenvalue weighted by molar-refractivity contribution is -0.121. The van der Waals surface area contributed by atoms with Gasteiger partial charge >= 0.3 is 0 Å². The zero-order chi connectivity index (χ0) is 18.4. The minimum Gasteiger partial charge on any atom is -0.492 e. The van der Waals surface area contributed by atoms with E-state index in [2.05, 4.69) is 5.32 Å². The zero-order valence-corrected chi connectivity index (χ0v) is 15.6. The Kier molecular flexibility index (Phi) is 6.47. The van der Waals surface area contributed by atoms with Crippen LogP contribution in [0.2, 0.25) is 10.0 Å². The number of para-hydroxylation sites is 2. The van der Waals surface area contributed by atoms with Crippen LogP contribution in [0.1, 0.15) is 12.8 Å². The lowest BCUT2D eigenvalue weighted by atomic mass is 10.2. The van der Waals surface area contributed by atoms with E-state index in [4.69, 9.17) is 37.4 Å². The van der Waals surface area contributed by atoms with Crippen LogP contribution in [0.4, 0.5) is 0 Å². The normalized spacial score (nSPS) is 15.4. The molecule has 0 fully saturated rings. The number of fused-ring (bicyclic) bond motifs is 1. The average Bonchev–Trinajstić information content (AvgIpc) is 2.65. The molecule has 1 aliphatic rings. The molecule has 26 heavy (non-hydrogen) atoms. The van der Waals surface area contributed by atoms with Gasteiger partial charge in [-0.1, -0.05) is 35.3 Å².